The smallest absolute Gasteiger partial charge is 0.246 e. The van der Waals surface area contributed by atoms with E-state index in [0.29, 0.717) is 5.89 Å². The molecule has 1 aliphatic rings. The molecular formula is C12H20N4O2. The number of hydrogen-bond donors (Lipinski definition) is 2. The number of nitrogens with one attached hydrogen (secondary N) is 1. The number of aromatic nitrogens is 2. The predicted octanol–water partition coefficient (Wildman–Crippen LogP) is 0.622. The number of nitrogens with zero attached hydrogens (tertiary/aromatic N) is 2. The van der Waals surface area contributed by atoms with Crippen LogP contribution in [0.2, 0.25) is 0 Å². The molecule has 0 saturated heterocycles. The lowest BCUT2D eigenvalue weighted by Crippen LogP contribution is -2.43. The van der Waals surface area contributed by atoms with Gasteiger partial charge >= 0.3 is 0 Å². The minimum atomic E-state index is -0.501. The van der Waals surface area contributed by atoms with Crippen molar-refractivity contribution in [2.24, 2.45) is 17.6 Å². The van der Waals surface area contributed by atoms with Crippen molar-refractivity contribution in [2.45, 2.75) is 45.7 Å². The van der Waals surface area contributed by atoms with Crippen LogP contribution in [0, 0.1) is 11.8 Å². The van der Waals surface area contributed by atoms with Gasteiger partial charge in [-0.1, -0.05) is 19.0 Å². The summed E-state index contributed by atoms with van der Waals surface area (Å²) in [6, 6.07) is -0.501. The first kappa shape index (κ1) is 13.0. The molecule has 6 nitrogen and oxygen atoms in total. The molecule has 100 valence electrons. The van der Waals surface area contributed by atoms with Gasteiger partial charge in [0.15, 0.2) is 5.82 Å². The first-order valence-electron chi connectivity index (χ1n) is 6.41. The van der Waals surface area contributed by atoms with E-state index in [4.69, 9.17) is 10.3 Å². The maximum absolute atomic E-state index is 11.6. The van der Waals surface area contributed by atoms with Gasteiger partial charge in [0.25, 0.3) is 0 Å². The van der Waals surface area contributed by atoms with E-state index in [1.54, 1.807) is 0 Å². The normalized spacial score (nSPS) is 16.9. The van der Waals surface area contributed by atoms with Crippen molar-refractivity contribution < 1.29 is 9.32 Å². The number of hydrogen-bond acceptors (Lipinski definition) is 5. The lowest BCUT2D eigenvalue weighted by atomic mass is 10.1. The van der Waals surface area contributed by atoms with Gasteiger partial charge in [0.2, 0.25) is 11.8 Å². The summed E-state index contributed by atoms with van der Waals surface area (Å²) in [6.07, 6.45) is 3.39. The molecule has 1 aliphatic carbocycles. The van der Waals surface area contributed by atoms with Gasteiger partial charge in [-0.15, -0.1) is 0 Å². The summed E-state index contributed by atoms with van der Waals surface area (Å²) in [5.41, 5.74) is 5.72. The fourth-order valence-corrected chi connectivity index (χ4v) is 1.61. The number of nitrogens with two attached hydrogens (primary N) is 1. The Bertz CT molecular complexity index is 412. The quantitative estimate of drug-likeness (QED) is 0.774. The molecule has 3 N–H and O–H groups in total. The van der Waals surface area contributed by atoms with Crippen LogP contribution in [-0.2, 0) is 17.8 Å². The molecule has 0 radical (unpaired) electrons. The molecule has 1 amide bonds. The van der Waals surface area contributed by atoms with Gasteiger partial charge in [0, 0.05) is 6.42 Å². The highest BCUT2D eigenvalue weighted by molar-refractivity contribution is 5.81. The number of carbonyl (C=O) groups is 1. The second-order valence-corrected chi connectivity index (χ2v) is 5.24. The molecular weight excluding hydrogens is 232 g/mol. The second kappa shape index (κ2) is 5.48. The molecule has 0 bridgehead atoms. The Morgan fingerprint density at radius 1 is 1.56 bits per heavy atom. The average molecular weight is 252 g/mol. The van der Waals surface area contributed by atoms with E-state index in [2.05, 4.69) is 15.5 Å². The first-order chi connectivity index (χ1) is 8.56. The summed E-state index contributed by atoms with van der Waals surface area (Å²) in [6.45, 7) is 4.06. The Balaban J connectivity index is 1.78. The number of amides is 1. The second-order valence-electron chi connectivity index (χ2n) is 5.24. The van der Waals surface area contributed by atoms with Crippen LogP contribution in [0.25, 0.3) is 0 Å². The molecule has 1 atom stereocenters. The molecule has 0 aliphatic heterocycles. The van der Waals surface area contributed by atoms with E-state index in [0.717, 1.165) is 18.2 Å². The largest absolute Gasteiger partial charge is 0.346 e. The van der Waals surface area contributed by atoms with Crippen LogP contribution >= 0.6 is 0 Å². The van der Waals surface area contributed by atoms with Crippen molar-refractivity contribution in [3.63, 3.8) is 0 Å². The van der Waals surface area contributed by atoms with Crippen LogP contribution in [-0.4, -0.2) is 22.1 Å². The Morgan fingerprint density at radius 2 is 2.28 bits per heavy atom. The van der Waals surface area contributed by atoms with Gasteiger partial charge in [-0.2, -0.15) is 4.98 Å². The van der Waals surface area contributed by atoms with Crippen LogP contribution in [0.4, 0.5) is 0 Å². The fraction of sp³-hybridized carbons (Fsp3) is 0.750. The topological polar surface area (TPSA) is 94.0 Å². The summed E-state index contributed by atoms with van der Waals surface area (Å²) in [7, 11) is 0. The summed E-state index contributed by atoms with van der Waals surface area (Å²) in [5.74, 6) is 1.81. The van der Waals surface area contributed by atoms with Crippen LogP contribution in [0.1, 0.15) is 38.4 Å². The lowest BCUT2D eigenvalue weighted by Gasteiger charge is -2.14. The monoisotopic (exact) mass is 252 g/mol. The molecule has 18 heavy (non-hydrogen) atoms. The fourth-order valence-electron chi connectivity index (χ4n) is 1.61. The molecule has 0 spiro atoms. The van der Waals surface area contributed by atoms with Crippen molar-refractivity contribution in [3.8, 4) is 0 Å². The Morgan fingerprint density at radius 3 is 2.89 bits per heavy atom. The van der Waals surface area contributed by atoms with Crippen molar-refractivity contribution in [1.82, 2.24) is 15.5 Å². The van der Waals surface area contributed by atoms with E-state index in [1.165, 1.54) is 12.8 Å². The minimum absolute atomic E-state index is 0.109. The van der Waals surface area contributed by atoms with Crippen molar-refractivity contribution in [2.75, 3.05) is 0 Å². The highest BCUT2D eigenvalue weighted by Crippen LogP contribution is 2.31. The van der Waals surface area contributed by atoms with Crippen molar-refractivity contribution >= 4 is 5.91 Å². The van der Waals surface area contributed by atoms with E-state index < -0.39 is 6.04 Å². The molecule has 1 aromatic heterocycles. The van der Waals surface area contributed by atoms with E-state index in [9.17, 15) is 4.79 Å². The third-order valence-corrected chi connectivity index (χ3v) is 3.11. The SMILES string of the molecule is CC(C)[C@H](N)C(=O)NCc1nc(CC2CC2)no1. The third-order valence-electron chi connectivity index (χ3n) is 3.11. The Hall–Kier alpha value is -1.43. The maximum atomic E-state index is 11.6. The minimum Gasteiger partial charge on any atom is -0.346 e. The maximum Gasteiger partial charge on any atom is 0.246 e. The first-order valence-corrected chi connectivity index (χ1v) is 6.41. The Kier molecular flexibility index (Phi) is 3.96. The van der Waals surface area contributed by atoms with Gasteiger partial charge in [-0.05, 0) is 24.7 Å². The molecule has 1 fully saturated rings. The van der Waals surface area contributed by atoms with Crippen LogP contribution < -0.4 is 11.1 Å². The van der Waals surface area contributed by atoms with E-state index >= 15 is 0 Å². The third kappa shape index (κ3) is 3.53. The summed E-state index contributed by atoms with van der Waals surface area (Å²) in [4.78, 5) is 15.9. The van der Waals surface area contributed by atoms with Gasteiger partial charge in [0.05, 0.1) is 12.6 Å². The molecule has 2 rings (SSSR count). The summed E-state index contributed by atoms with van der Waals surface area (Å²) < 4.78 is 5.07. The van der Waals surface area contributed by atoms with Crippen molar-refractivity contribution in [1.29, 1.82) is 0 Å². The predicted molar refractivity (Wildman–Crippen MR) is 65.4 cm³/mol. The van der Waals surface area contributed by atoms with E-state index in [1.807, 2.05) is 13.8 Å². The molecule has 0 aromatic carbocycles. The lowest BCUT2D eigenvalue weighted by molar-refractivity contribution is -0.123. The molecule has 0 unspecified atom stereocenters. The van der Waals surface area contributed by atoms with Crippen molar-refractivity contribution in [3.05, 3.63) is 11.7 Å². The number of carbonyl (C=O) groups excluding carboxylic acids is 1. The van der Waals surface area contributed by atoms with Crippen LogP contribution in [0.5, 0.6) is 0 Å². The van der Waals surface area contributed by atoms with E-state index in [-0.39, 0.29) is 18.4 Å². The summed E-state index contributed by atoms with van der Waals surface area (Å²) in [5, 5.41) is 6.59. The highest BCUT2D eigenvalue weighted by Gasteiger charge is 2.24. The highest BCUT2D eigenvalue weighted by atomic mass is 16.5. The zero-order valence-electron chi connectivity index (χ0n) is 10.8. The van der Waals surface area contributed by atoms with Crippen LogP contribution in [0.3, 0.4) is 0 Å². The van der Waals surface area contributed by atoms with Gasteiger partial charge in [0.1, 0.15) is 0 Å². The zero-order chi connectivity index (χ0) is 13.1. The molecule has 1 heterocycles. The standard InChI is InChI=1S/C12H20N4O2/c1-7(2)11(13)12(17)14-6-10-15-9(16-18-10)5-8-3-4-8/h7-8,11H,3-6,13H2,1-2H3,(H,14,17)/t11-/m0/s1. The van der Waals surface area contributed by atoms with Gasteiger partial charge in [-0.3, -0.25) is 4.79 Å². The van der Waals surface area contributed by atoms with Crippen LogP contribution in [0.15, 0.2) is 4.52 Å². The van der Waals surface area contributed by atoms with Gasteiger partial charge in [-0.25, -0.2) is 0 Å². The van der Waals surface area contributed by atoms with Gasteiger partial charge < -0.3 is 15.6 Å². The summed E-state index contributed by atoms with van der Waals surface area (Å²) >= 11 is 0. The molecule has 1 aromatic rings. The zero-order valence-corrected chi connectivity index (χ0v) is 10.8. The Labute approximate surface area is 106 Å². The molecule has 6 heteroatoms. The molecule has 1 saturated carbocycles. The number of rotatable bonds is 6. The average Bonchev–Trinajstić information content (AvgIpc) is 3.03.